The molecule has 0 rings (SSSR count). The number of aliphatic carboxylic acids is 1. The maximum Gasteiger partial charge on any atom is 0.320 e. The highest BCUT2D eigenvalue weighted by molar-refractivity contribution is 5.83. The van der Waals surface area contributed by atoms with E-state index in [1.54, 1.807) is 0 Å². The van der Waals surface area contributed by atoms with Crippen molar-refractivity contribution in [2.75, 3.05) is 6.61 Å². The summed E-state index contributed by atoms with van der Waals surface area (Å²) in [6.45, 7) is 3.08. The Bertz CT molecular complexity index is 327. The number of carboxylic acid groups (broad SMARTS) is 1. The first kappa shape index (κ1) is 15.3. The Morgan fingerprint density at radius 3 is 2.47 bits per heavy atom. The number of aliphatic hydroxyl groups is 2. The van der Waals surface area contributed by atoms with Gasteiger partial charge in [0.2, 0.25) is 0 Å². The van der Waals surface area contributed by atoms with Crippen LogP contribution in [0.4, 0.5) is 0 Å². The zero-order chi connectivity index (χ0) is 13.4. The van der Waals surface area contributed by atoms with Crippen molar-refractivity contribution >= 4 is 11.9 Å². The van der Waals surface area contributed by atoms with Crippen molar-refractivity contribution in [3.63, 3.8) is 0 Å². The van der Waals surface area contributed by atoms with Crippen LogP contribution in [-0.4, -0.2) is 45.9 Å². The van der Waals surface area contributed by atoms with Crippen molar-refractivity contribution in [1.82, 2.24) is 5.32 Å². The normalized spacial score (nSPS) is 14.9. The van der Waals surface area contributed by atoms with E-state index in [9.17, 15) is 14.7 Å². The molecule has 1 amide bonds. The van der Waals surface area contributed by atoms with Gasteiger partial charge in [-0.05, 0) is 5.57 Å². The van der Waals surface area contributed by atoms with E-state index >= 15 is 0 Å². The molecule has 0 aliphatic heterocycles. The fourth-order valence-corrected chi connectivity index (χ4v) is 0.878. The molecule has 0 unspecified atom stereocenters. The lowest BCUT2D eigenvalue weighted by Crippen LogP contribution is -2.40. The number of hydrogen-bond donors (Lipinski definition) is 5. The first-order chi connectivity index (χ1) is 7.92. The molecule has 0 saturated carbocycles. The molecule has 0 bridgehead atoms. The smallest absolute Gasteiger partial charge is 0.320 e. The van der Waals surface area contributed by atoms with E-state index < -0.39 is 30.4 Å². The van der Waals surface area contributed by atoms with Crippen molar-refractivity contribution in [3.05, 3.63) is 24.4 Å². The largest absolute Gasteiger partial charge is 0.480 e. The SMILES string of the molecule is C=C/C(=C/NC(=O)[C@H](O)C[C@H](N)C(=O)O)CO. The second kappa shape index (κ2) is 7.55. The zero-order valence-corrected chi connectivity index (χ0v) is 9.17. The van der Waals surface area contributed by atoms with Gasteiger partial charge < -0.3 is 26.4 Å². The molecule has 0 aromatic rings. The number of amides is 1. The van der Waals surface area contributed by atoms with Gasteiger partial charge in [-0.3, -0.25) is 9.59 Å². The van der Waals surface area contributed by atoms with Gasteiger partial charge in [0, 0.05) is 12.6 Å². The summed E-state index contributed by atoms with van der Waals surface area (Å²) >= 11 is 0. The van der Waals surface area contributed by atoms with Gasteiger partial charge in [0.25, 0.3) is 5.91 Å². The van der Waals surface area contributed by atoms with E-state index in [0.717, 1.165) is 0 Å². The van der Waals surface area contributed by atoms with Crippen LogP contribution in [0.3, 0.4) is 0 Å². The summed E-state index contributed by atoms with van der Waals surface area (Å²) in [4.78, 5) is 21.7. The number of hydrogen-bond acceptors (Lipinski definition) is 5. The van der Waals surface area contributed by atoms with Crippen molar-refractivity contribution in [3.8, 4) is 0 Å². The molecule has 96 valence electrons. The maximum absolute atomic E-state index is 11.3. The van der Waals surface area contributed by atoms with Gasteiger partial charge >= 0.3 is 5.97 Å². The molecule has 6 N–H and O–H groups in total. The monoisotopic (exact) mass is 244 g/mol. The van der Waals surface area contributed by atoms with Crippen LogP contribution in [0.5, 0.6) is 0 Å². The summed E-state index contributed by atoms with van der Waals surface area (Å²) in [5.74, 6) is -2.09. The topological polar surface area (TPSA) is 133 Å². The third-order valence-corrected chi connectivity index (χ3v) is 1.94. The van der Waals surface area contributed by atoms with Crippen molar-refractivity contribution < 1.29 is 24.9 Å². The molecule has 2 atom stereocenters. The summed E-state index contributed by atoms with van der Waals surface area (Å²) in [7, 11) is 0. The van der Waals surface area contributed by atoms with Crippen LogP contribution in [0, 0.1) is 0 Å². The first-order valence-electron chi connectivity index (χ1n) is 4.81. The maximum atomic E-state index is 11.3. The molecule has 0 spiro atoms. The molecule has 0 fully saturated rings. The summed E-state index contributed by atoms with van der Waals surface area (Å²) < 4.78 is 0. The number of nitrogens with one attached hydrogen (secondary N) is 1. The number of aliphatic hydroxyl groups excluding tert-OH is 2. The Balaban J connectivity index is 4.28. The lowest BCUT2D eigenvalue weighted by atomic mass is 10.1. The Morgan fingerprint density at radius 1 is 1.47 bits per heavy atom. The van der Waals surface area contributed by atoms with E-state index in [-0.39, 0.29) is 6.61 Å². The number of nitrogens with two attached hydrogens (primary N) is 1. The average molecular weight is 244 g/mol. The quantitative estimate of drug-likeness (QED) is 0.340. The Kier molecular flexibility index (Phi) is 6.80. The van der Waals surface area contributed by atoms with Gasteiger partial charge in [0.1, 0.15) is 12.1 Å². The number of carboxylic acids is 1. The van der Waals surface area contributed by atoms with E-state index in [1.807, 2.05) is 0 Å². The highest BCUT2D eigenvalue weighted by Gasteiger charge is 2.21. The fourth-order valence-electron chi connectivity index (χ4n) is 0.878. The summed E-state index contributed by atoms with van der Waals surface area (Å²) in [5, 5.41) is 28.7. The second-order valence-corrected chi connectivity index (χ2v) is 3.29. The molecular weight excluding hydrogens is 228 g/mol. The van der Waals surface area contributed by atoms with Crippen molar-refractivity contribution in [2.45, 2.75) is 18.6 Å². The highest BCUT2D eigenvalue weighted by Crippen LogP contribution is 1.98. The van der Waals surface area contributed by atoms with E-state index in [0.29, 0.717) is 5.57 Å². The standard InChI is InChI=1S/C10H16N2O5/c1-2-6(5-13)4-12-9(15)8(14)3-7(11)10(16)17/h2,4,7-8,13-14H,1,3,5,11H2,(H,12,15)(H,16,17)/b6-4-/t7-,8+/m0/s1. The van der Waals surface area contributed by atoms with Gasteiger partial charge in [-0.1, -0.05) is 12.7 Å². The molecule has 0 radical (unpaired) electrons. The first-order valence-corrected chi connectivity index (χ1v) is 4.81. The van der Waals surface area contributed by atoms with Crippen LogP contribution in [0.25, 0.3) is 0 Å². The number of carbonyl (C=O) groups excluding carboxylic acids is 1. The molecule has 0 aromatic heterocycles. The minimum atomic E-state index is -1.53. The minimum absolute atomic E-state index is 0.311. The third kappa shape index (κ3) is 5.81. The molecule has 0 aromatic carbocycles. The summed E-state index contributed by atoms with van der Waals surface area (Å²) in [6.07, 6.45) is 0.583. The van der Waals surface area contributed by atoms with Crippen molar-refractivity contribution in [2.24, 2.45) is 5.73 Å². The van der Waals surface area contributed by atoms with Crippen molar-refractivity contribution in [1.29, 1.82) is 0 Å². The van der Waals surface area contributed by atoms with Crippen LogP contribution in [0.2, 0.25) is 0 Å². The number of carbonyl (C=O) groups is 2. The van der Waals surface area contributed by atoms with Gasteiger partial charge in [0.15, 0.2) is 0 Å². The van der Waals surface area contributed by atoms with E-state index in [1.165, 1.54) is 12.3 Å². The Labute approximate surface area is 98.2 Å². The second-order valence-electron chi connectivity index (χ2n) is 3.29. The summed E-state index contributed by atoms with van der Waals surface area (Å²) in [5.41, 5.74) is 5.51. The molecule has 17 heavy (non-hydrogen) atoms. The summed E-state index contributed by atoms with van der Waals surface area (Å²) in [6, 6.07) is -1.31. The van der Waals surface area contributed by atoms with Crippen LogP contribution < -0.4 is 11.1 Å². The molecule has 0 saturated heterocycles. The lowest BCUT2D eigenvalue weighted by Gasteiger charge is -2.12. The minimum Gasteiger partial charge on any atom is -0.480 e. The number of rotatable bonds is 7. The van der Waals surface area contributed by atoms with Crippen LogP contribution >= 0.6 is 0 Å². The van der Waals surface area contributed by atoms with Gasteiger partial charge in [0.05, 0.1) is 6.61 Å². The molecule has 7 heteroatoms. The van der Waals surface area contributed by atoms with Gasteiger partial charge in [-0.2, -0.15) is 0 Å². The van der Waals surface area contributed by atoms with E-state index in [2.05, 4.69) is 11.9 Å². The van der Waals surface area contributed by atoms with Crippen LogP contribution in [0.1, 0.15) is 6.42 Å². The molecule has 0 aliphatic carbocycles. The van der Waals surface area contributed by atoms with E-state index in [4.69, 9.17) is 15.9 Å². The molecular formula is C10H16N2O5. The average Bonchev–Trinajstić information content (AvgIpc) is 2.29. The highest BCUT2D eigenvalue weighted by atomic mass is 16.4. The Morgan fingerprint density at radius 2 is 2.06 bits per heavy atom. The lowest BCUT2D eigenvalue weighted by molar-refractivity contribution is -0.140. The predicted molar refractivity (Wildman–Crippen MR) is 59.7 cm³/mol. The predicted octanol–water partition coefficient (Wildman–Crippen LogP) is -1.67. The van der Waals surface area contributed by atoms with Crippen LogP contribution in [-0.2, 0) is 9.59 Å². The fraction of sp³-hybridized carbons (Fsp3) is 0.400. The molecule has 0 heterocycles. The zero-order valence-electron chi connectivity index (χ0n) is 9.17. The van der Waals surface area contributed by atoms with Gasteiger partial charge in [-0.25, -0.2) is 0 Å². The Hall–Kier alpha value is -1.70. The molecule has 7 nitrogen and oxygen atoms in total. The third-order valence-electron chi connectivity index (χ3n) is 1.94. The van der Waals surface area contributed by atoms with Crippen LogP contribution in [0.15, 0.2) is 24.4 Å². The molecule has 0 aliphatic rings. The van der Waals surface area contributed by atoms with Gasteiger partial charge in [-0.15, -0.1) is 0 Å².